The molecule has 21 heavy (non-hydrogen) atoms. The number of rotatable bonds is 5. The van der Waals surface area contributed by atoms with Gasteiger partial charge in [0, 0.05) is 25.7 Å². The fourth-order valence-electron chi connectivity index (χ4n) is 3.37. The Labute approximate surface area is 129 Å². The van der Waals surface area contributed by atoms with Gasteiger partial charge in [0.2, 0.25) is 0 Å². The van der Waals surface area contributed by atoms with E-state index in [1.165, 1.54) is 24.0 Å². The van der Waals surface area contributed by atoms with E-state index in [2.05, 4.69) is 43.0 Å². The highest BCUT2D eigenvalue weighted by Crippen LogP contribution is 2.30. The second-order valence-corrected chi connectivity index (χ2v) is 6.67. The Kier molecular flexibility index (Phi) is 6.22. The number of ether oxygens (including phenoxy) is 1. The molecule has 1 aromatic carbocycles. The van der Waals surface area contributed by atoms with Crippen molar-refractivity contribution >= 4 is 0 Å². The van der Waals surface area contributed by atoms with Gasteiger partial charge < -0.3 is 10.5 Å². The van der Waals surface area contributed by atoms with Gasteiger partial charge in [0.1, 0.15) is 0 Å². The first-order valence-electron chi connectivity index (χ1n) is 8.19. The largest absolute Gasteiger partial charge is 0.380 e. The summed E-state index contributed by atoms with van der Waals surface area (Å²) in [6, 6.07) is 9.40. The van der Waals surface area contributed by atoms with E-state index in [0.29, 0.717) is 18.6 Å². The molecule has 0 radical (unpaired) electrons. The smallest absolute Gasteiger partial charge is 0.0713 e. The van der Waals surface area contributed by atoms with Crippen LogP contribution in [0.3, 0.4) is 0 Å². The van der Waals surface area contributed by atoms with Crippen molar-refractivity contribution in [3.8, 4) is 0 Å². The van der Waals surface area contributed by atoms with Crippen molar-refractivity contribution < 1.29 is 4.74 Å². The lowest BCUT2D eigenvalue weighted by atomic mass is 9.95. The van der Waals surface area contributed by atoms with Crippen LogP contribution in [0.4, 0.5) is 0 Å². The number of methoxy groups -OCH3 is 1. The molecule has 0 spiro atoms. The first kappa shape index (κ1) is 16.5. The zero-order valence-electron chi connectivity index (χ0n) is 13.7. The molecule has 118 valence electrons. The molecular formula is C18H30N2O. The highest BCUT2D eigenvalue weighted by Gasteiger charge is 2.28. The standard InChI is InChI=1S/C18H30N2O/c1-14(2)12-20-11-5-4-6-17(19)18(20)16-9-7-15(8-10-16)13-21-3/h7-10,14,17-18H,4-6,11-13,19H2,1-3H3. The van der Waals surface area contributed by atoms with E-state index in [4.69, 9.17) is 10.5 Å². The van der Waals surface area contributed by atoms with Gasteiger partial charge in [-0.2, -0.15) is 0 Å². The SMILES string of the molecule is COCc1ccc(C2C(N)CCCCN2CC(C)C)cc1. The molecule has 2 rings (SSSR count). The van der Waals surface area contributed by atoms with Gasteiger partial charge in [0.15, 0.2) is 0 Å². The van der Waals surface area contributed by atoms with E-state index in [0.717, 1.165) is 19.5 Å². The summed E-state index contributed by atoms with van der Waals surface area (Å²) in [6.07, 6.45) is 3.63. The van der Waals surface area contributed by atoms with Crippen LogP contribution in [0, 0.1) is 5.92 Å². The van der Waals surface area contributed by atoms with Crippen LogP contribution in [-0.4, -0.2) is 31.1 Å². The van der Waals surface area contributed by atoms with Crippen molar-refractivity contribution in [3.05, 3.63) is 35.4 Å². The van der Waals surface area contributed by atoms with Crippen LogP contribution in [0.1, 0.15) is 50.3 Å². The summed E-state index contributed by atoms with van der Waals surface area (Å²) in [5.74, 6) is 0.672. The van der Waals surface area contributed by atoms with Crippen LogP contribution in [-0.2, 0) is 11.3 Å². The fourth-order valence-corrected chi connectivity index (χ4v) is 3.37. The summed E-state index contributed by atoms with van der Waals surface area (Å²) < 4.78 is 5.19. The van der Waals surface area contributed by atoms with E-state index in [9.17, 15) is 0 Å². The first-order chi connectivity index (χ1) is 10.1. The molecule has 1 heterocycles. The predicted molar refractivity (Wildman–Crippen MR) is 88.1 cm³/mol. The van der Waals surface area contributed by atoms with E-state index >= 15 is 0 Å². The maximum atomic E-state index is 6.51. The zero-order valence-corrected chi connectivity index (χ0v) is 13.7. The number of nitrogens with two attached hydrogens (primary N) is 1. The van der Waals surface area contributed by atoms with E-state index < -0.39 is 0 Å². The van der Waals surface area contributed by atoms with Crippen LogP contribution in [0.25, 0.3) is 0 Å². The molecule has 2 unspecified atom stereocenters. The maximum Gasteiger partial charge on any atom is 0.0713 e. The Hall–Kier alpha value is -0.900. The molecule has 2 atom stereocenters. The third-order valence-electron chi connectivity index (χ3n) is 4.26. The minimum Gasteiger partial charge on any atom is -0.380 e. The normalized spacial score (nSPS) is 24.2. The lowest BCUT2D eigenvalue weighted by molar-refractivity contribution is 0.165. The summed E-state index contributed by atoms with van der Waals surface area (Å²) in [4.78, 5) is 2.59. The van der Waals surface area contributed by atoms with Crippen molar-refractivity contribution in [3.63, 3.8) is 0 Å². The summed E-state index contributed by atoms with van der Waals surface area (Å²) in [5, 5.41) is 0. The zero-order chi connectivity index (χ0) is 15.2. The van der Waals surface area contributed by atoms with E-state index in [1.54, 1.807) is 7.11 Å². The van der Waals surface area contributed by atoms with E-state index in [1.807, 2.05) is 0 Å². The highest BCUT2D eigenvalue weighted by molar-refractivity contribution is 5.26. The quantitative estimate of drug-likeness (QED) is 0.904. The minimum atomic E-state index is 0.236. The molecule has 2 N–H and O–H groups in total. The Bertz CT molecular complexity index is 416. The summed E-state index contributed by atoms with van der Waals surface area (Å²) in [6.45, 7) is 7.53. The number of hydrogen-bond acceptors (Lipinski definition) is 3. The minimum absolute atomic E-state index is 0.236. The lowest BCUT2D eigenvalue weighted by Gasteiger charge is -2.35. The van der Waals surface area contributed by atoms with Gasteiger partial charge in [0.05, 0.1) is 6.61 Å². The van der Waals surface area contributed by atoms with Crippen LogP contribution in [0.2, 0.25) is 0 Å². The van der Waals surface area contributed by atoms with Gasteiger partial charge in [-0.25, -0.2) is 0 Å². The second-order valence-electron chi connectivity index (χ2n) is 6.67. The van der Waals surface area contributed by atoms with Gasteiger partial charge in [-0.05, 0) is 36.4 Å². The Morgan fingerprint density at radius 1 is 1.24 bits per heavy atom. The van der Waals surface area contributed by atoms with Crippen molar-refractivity contribution in [2.75, 3.05) is 20.2 Å². The molecule has 1 aliphatic heterocycles. The van der Waals surface area contributed by atoms with Crippen molar-refractivity contribution in [2.45, 2.75) is 51.8 Å². The first-order valence-corrected chi connectivity index (χ1v) is 8.19. The van der Waals surface area contributed by atoms with E-state index in [-0.39, 0.29) is 6.04 Å². The molecule has 3 heteroatoms. The third kappa shape index (κ3) is 4.53. The average Bonchev–Trinajstić information content (AvgIpc) is 2.62. The molecule has 3 nitrogen and oxygen atoms in total. The van der Waals surface area contributed by atoms with Crippen LogP contribution in [0.5, 0.6) is 0 Å². The number of nitrogens with zero attached hydrogens (tertiary/aromatic N) is 1. The molecule has 0 bridgehead atoms. The number of benzene rings is 1. The number of likely N-dealkylation sites (tertiary alicyclic amines) is 1. The van der Waals surface area contributed by atoms with Crippen molar-refractivity contribution in [1.29, 1.82) is 0 Å². The van der Waals surface area contributed by atoms with Gasteiger partial charge in [0.25, 0.3) is 0 Å². The topological polar surface area (TPSA) is 38.5 Å². The monoisotopic (exact) mass is 290 g/mol. The fraction of sp³-hybridized carbons (Fsp3) is 0.667. The van der Waals surface area contributed by atoms with Gasteiger partial charge in [-0.1, -0.05) is 44.5 Å². The molecule has 1 fully saturated rings. The lowest BCUT2D eigenvalue weighted by Crippen LogP contribution is -2.41. The van der Waals surface area contributed by atoms with Gasteiger partial charge >= 0.3 is 0 Å². The molecule has 1 saturated heterocycles. The molecule has 0 aliphatic carbocycles. The van der Waals surface area contributed by atoms with Crippen molar-refractivity contribution in [2.24, 2.45) is 11.7 Å². The maximum absolute atomic E-state index is 6.51. The van der Waals surface area contributed by atoms with Gasteiger partial charge in [-0.15, -0.1) is 0 Å². The van der Waals surface area contributed by atoms with Crippen molar-refractivity contribution in [1.82, 2.24) is 4.90 Å². The summed E-state index contributed by atoms with van der Waals surface area (Å²) in [5.41, 5.74) is 9.08. The van der Waals surface area contributed by atoms with Crippen LogP contribution < -0.4 is 5.73 Å². The molecule has 0 amide bonds. The van der Waals surface area contributed by atoms with Crippen LogP contribution >= 0.6 is 0 Å². The number of hydrogen-bond donors (Lipinski definition) is 1. The average molecular weight is 290 g/mol. The molecule has 0 aromatic heterocycles. The molecule has 0 saturated carbocycles. The van der Waals surface area contributed by atoms with Gasteiger partial charge in [-0.3, -0.25) is 4.90 Å². The highest BCUT2D eigenvalue weighted by atomic mass is 16.5. The summed E-state index contributed by atoms with van der Waals surface area (Å²) in [7, 11) is 1.74. The Morgan fingerprint density at radius 2 is 1.95 bits per heavy atom. The third-order valence-corrected chi connectivity index (χ3v) is 4.26. The Morgan fingerprint density at radius 3 is 2.57 bits per heavy atom. The second kappa shape index (κ2) is 7.92. The Balaban J connectivity index is 2.21. The molecule has 1 aliphatic rings. The summed E-state index contributed by atoms with van der Waals surface area (Å²) >= 11 is 0. The van der Waals surface area contributed by atoms with Crippen LogP contribution in [0.15, 0.2) is 24.3 Å². The molecular weight excluding hydrogens is 260 g/mol. The predicted octanol–water partition coefficient (Wildman–Crippen LogP) is 3.34. The molecule has 1 aromatic rings.